The van der Waals surface area contributed by atoms with Crippen LogP contribution in [0.15, 0.2) is 114 Å². The van der Waals surface area contributed by atoms with Crippen LogP contribution in [0, 0.1) is 5.82 Å². The second kappa shape index (κ2) is 14.5. The fourth-order valence-electron chi connectivity index (χ4n) is 4.66. The third-order valence-corrected chi connectivity index (χ3v) is 8.65. The number of benzene rings is 4. The first-order valence-corrected chi connectivity index (χ1v) is 15.3. The third kappa shape index (κ3) is 7.78. The van der Waals surface area contributed by atoms with Gasteiger partial charge in [-0.2, -0.15) is 0 Å². The van der Waals surface area contributed by atoms with Gasteiger partial charge in [-0.05, 0) is 55.0 Å². The van der Waals surface area contributed by atoms with Crippen LogP contribution in [-0.2, 0) is 32.6 Å². The summed E-state index contributed by atoms with van der Waals surface area (Å²) in [5.41, 5.74) is 1.23. The summed E-state index contributed by atoms with van der Waals surface area (Å²) in [5.74, 6) is -1.17. The molecule has 0 aromatic heterocycles. The second-order valence-electron chi connectivity index (χ2n) is 9.68. The van der Waals surface area contributed by atoms with Gasteiger partial charge in [0.05, 0.1) is 17.2 Å². The molecule has 0 heterocycles. The maximum atomic E-state index is 14.9. The van der Waals surface area contributed by atoms with Gasteiger partial charge in [-0.3, -0.25) is 13.9 Å². The highest BCUT2D eigenvalue weighted by Crippen LogP contribution is 2.26. The molecule has 224 valence electrons. The van der Waals surface area contributed by atoms with Gasteiger partial charge < -0.3 is 15.0 Å². The normalized spacial score (nSPS) is 11.8. The number of halogens is 1. The number of amides is 2. The van der Waals surface area contributed by atoms with Gasteiger partial charge in [0.25, 0.3) is 10.0 Å². The quantitative estimate of drug-likeness (QED) is 0.237. The van der Waals surface area contributed by atoms with E-state index in [4.69, 9.17) is 4.74 Å². The van der Waals surface area contributed by atoms with Crippen LogP contribution < -0.4 is 14.4 Å². The molecule has 0 unspecified atom stereocenters. The number of likely N-dealkylation sites (N-methyl/N-ethyl adjacent to an activating group) is 1. The summed E-state index contributed by atoms with van der Waals surface area (Å²) in [7, 11) is -2.79. The van der Waals surface area contributed by atoms with Crippen molar-refractivity contribution in [2.75, 3.05) is 24.5 Å². The van der Waals surface area contributed by atoms with Crippen molar-refractivity contribution in [3.05, 3.63) is 126 Å². The monoisotopic (exact) mass is 603 g/mol. The highest BCUT2D eigenvalue weighted by molar-refractivity contribution is 7.92. The summed E-state index contributed by atoms with van der Waals surface area (Å²) >= 11 is 0. The minimum Gasteiger partial charge on any atom is -0.494 e. The van der Waals surface area contributed by atoms with Crippen LogP contribution >= 0.6 is 0 Å². The van der Waals surface area contributed by atoms with Crippen LogP contribution in [0.3, 0.4) is 0 Å². The maximum absolute atomic E-state index is 14.9. The molecule has 8 nitrogen and oxygen atoms in total. The zero-order chi connectivity index (χ0) is 30.8. The number of hydrogen-bond acceptors (Lipinski definition) is 5. The number of carbonyl (C=O) groups excluding carboxylic acids is 2. The molecule has 10 heteroatoms. The van der Waals surface area contributed by atoms with Gasteiger partial charge in [0.15, 0.2) is 0 Å². The zero-order valence-electron chi connectivity index (χ0n) is 24.0. The standard InChI is InChI=1S/C33H34FN3O5S/c1-3-42-28-18-20-29(21-19-28)43(40,41)37(27-15-8-5-9-16-27)24-32(38)36(23-26-14-10-11-17-30(26)34)31(33(39)35-2)22-25-12-6-4-7-13-25/h4-21,31H,3,22-24H2,1-2H3,(H,35,39)/t31-/m1/s1. The van der Waals surface area contributed by atoms with E-state index in [0.717, 1.165) is 9.87 Å². The Hall–Kier alpha value is -4.70. The number of carbonyl (C=O) groups is 2. The number of sulfonamides is 1. The lowest BCUT2D eigenvalue weighted by molar-refractivity contribution is -0.139. The van der Waals surface area contributed by atoms with Crippen molar-refractivity contribution >= 4 is 27.5 Å². The molecule has 0 bridgehead atoms. The summed E-state index contributed by atoms with van der Waals surface area (Å²) in [6, 6.07) is 28.2. The molecule has 4 aromatic carbocycles. The van der Waals surface area contributed by atoms with Crippen LogP contribution in [0.2, 0.25) is 0 Å². The van der Waals surface area contributed by atoms with Crippen LogP contribution in [-0.4, -0.2) is 51.4 Å². The van der Waals surface area contributed by atoms with E-state index in [2.05, 4.69) is 5.32 Å². The fraction of sp³-hybridized carbons (Fsp3) is 0.212. The van der Waals surface area contributed by atoms with Crippen molar-refractivity contribution in [2.45, 2.75) is 30.8 Å². The zero-order valence-corrected chi connectivity index (χ0v) is 24.8. The summed E-state index contributed by atoms with van der Waals surface area (Å²) in [4.78, 5) is 28.7. The second-order valence-corrected chi connectivity index (χ2v) is 11.5. The van der Waals surface area contributed by atoms with E-state index in [9.17, 15) is 22.4 Å². The molecule has 4 rings (SSSR count). The van der Waals surface area contributed by atoms with E-state index in [1.807, 2.05) is 37.3 Å². The van der Waals surface area contributed by atoms with Crippen molar-refractivity contribution in [1.82, 2.24) is 10.2 Å². The first-order chi connectivity index (χ1) is 20.7. The van der Waals surface area contributed by atoms with E-state index in [0.29, 0.717) is 12.4 Å². The van der Waals surface area contributed by atoms with Crippen LogP contribution in [0.25, 0.3) is 0 Å². The average molecular weight is 604 g/mol. The van der Waals surface area contributed by atoms with Crippen molar-refractivity contribution in [2.24, 2.45) is 0 Å². The van der Waals surface area contributed by atoms with E-state index in [1.165, 1.54) is 42.3 Å². The van der Waals surface area contributed by atoms with Crippen LogP contribution in [0.5, 0.6) is 5.75 Å². The Labute approximate surface area is 251 Å². The molecule has 0 fully saturated rings. The predicted molar refractivity (Wildman–Crippen MR) is 164 cm³/mol. The lowest BCUT2D eigenvalue weighted by Gasteiger charge is -2.33. The smallest absolute Gasteiger partial charge is 0.264 e. The summed E-state index contributed by atoms with van der Waals surface area (Å²) in [6.45, 7) is 1.37. The Morgan fingerprint density at radius 2 is 1.47 bits per heavy atom. The first-order valence-electron chi connectivity index (χ1n) is 13.8. The number of ether oxygens (including phenoxy) is 1. The number of nitrogens with one attached hydrogen (secondary N) is 1. The molecule has 0 aliphatic carbocycles. The number of rotatable bonds is 13. The Kier molecular flexibility index (Phi) is 10.5. The third-order valence-electron chi connectivity index (χ3n) is 6.86. The highest BCUT2D eigenvalue weighted by Gasteiger charge is 2.34. The maximum Gasteiger partial charge on any atom is 0.264 e. The van der Waals surface area contributed by atoms with Crippen molar-refractivity contribution in [3.8, 4) is 5.75 Å². The molecular weight excluding hydrogens is 569 g/mol. The molecular formula is C33H34FN3O5S. The van der Waals surface area contributed by atoms with E-state index >= 15 is 0 Å². The molecule has 0 aliphatic heterocycles. The average Bonchev–Trinajstić information content (AvgIpc) is 3.03. The Balaban J connectivity index is 1.76. The molecule has 0 radical (unpaired) electrons. The van der Waals surface area contributed by atoms with Gasteiger partial charge in [-0.15, -0.1) is 0 Å². The Bertz CT molecular complexity index is 1620. The number of hydrogen-bond donors (Lipinski definition) is 1. The lowest BCUT2D eigenvalue weighted by Crippen LogP contribution is -2.53. The van der Waals surface area contributed by atoms with Gasteiger partial charge in [-0.25, -0.2) is 12.8 Å². The van der Waals surface area contributed by atoms with E-state index < -0.39 is 40.2 Å². The molecule has 0 aliphatic rings. The van der Waals surface area contributed by atoms with E-state index in [1.54, 1.807) is 48.5 Å². The summed E-state index contributed by atoms with van der Waals surface area (Å²) in [6.07, 6.45) is 0.137. The Morgan fingerprint density at radius 1 is 0.860 bits per heavy atom. The molecule has 4 aromatic rings. The summed E-state index contributed by atoms with van der Waals surface area (Å²) < 4.78 is 49.3. The molecule has 43 heavy (non-hydrogen) atoms. The van der Waals surface area contributed by atoms with Gasteiger partial charge in [0.2, 0.25) is 11.8 Å². The minimum atomic E-state index is -4.25. The number of para-hydroxylation sites is 1. The molecule has 0 spiro atoms. The summed E-state index contributed by atoms with van der Waals surface area (Å²) in [5, 5.41) is 2.61. The molecule has 0 saturated heterocycles. The number of nitrogens with zero attached hydrogens (tertiary/aromatic N) is 2. The van der Waals surface area contributed by atoms with Crippen molar-refractivity contribution in [3.63, 3.8) is 0 Å². The van der Waals surface area contributed by atoms with Gasteiger partial charge in [0, 0.05) is 25.6 Å². The van der Waals surface area contributed by atoms with Crippen LogP contribution in [0.1, 0.15) is 18.1 Å². The molecule has 1 N–H and O–H groups in total. The first kappa shape index (κ1) is 31.2. The topological polar surface area (TPSA) is 96.0 Å². The minimum absolute atomic E-state index is 0.0413. The van der Waals surface area contributed by atoms with Gasteiger partial charge >= 0.3 is 0 Å². The van der Waals surface area contributed by atoms with E-state index in [-0.39, 0.29) is 29.1 Å². The molecule has 2 amide bonds. The highest BCUT2D eigenvalue weighted by atomic mass is 32.2. The van der Waals surface area contributed by atoms with Crippen molar-refractivity contribution < 1.29 is 27.1 Å². The lowest BCUT2D eigenvalue weighted by atomic mass is 10.0. The van der Waals surface area contributed by atoms with Gasteiger partial charge in [0.1, 0.15) is 24.2 Å². The SMILES string of the molecule is CCOc1ccc(S(=O)(=O)N(CC(=O)N(Cc2ccccc2F)[C@H](Cc2ccccc2)C(=O)NC)c2ccccc2)cc1. The Morgan fingerprint density at radius 3 is 2.07 bits per heavy atom. The number of anilines is 1. The predicted octanol–water partition coefficient (Wildman–Crippen LogP) is 4.81. The van der Waals surface area contributed by atoms with Gasteiger partial charge in [-0.1, -0.05) is 66.7 Å². The largest absolute Gasteiger partial charge is 0.494 e. The molecule has 1 atom stereocenters. The van der Waals surface area contributed by atoms with Crippen LogP contribution in [0.4, 0.5) is 10.1 Å². The van der Waals surface area contributed by atoms with Crippen molar-refractivity contribution in [1.29, 1.82) is 0 Å². The fourth-order valence-corrected chi connectivity index (χ4v) is 6.07. The molecule has 0 saturated carbocycles.